The lowest BCUT2D eigenvalue weighted by Crippen LogP contribution is -2.08. The molecule has 0 aliphatic heterocycles. The Morgan fingerprint density at radius 1 is 0.373 bits per heavy atom. The van der Waals surface area contributed by atoms with Crippen LogP contribution in [0.15, 0.2) is 24.3 Å². The van der Waals surface area contributed by atoms with Gasteiger partial charge >= 0.3 is 0 Å². The summed E-state index contributed by atoms with van der Waals surface area (Å²) in [7, 11) is 0. The van der Waals surface area contributed by atoms with Gasteiger partial charge in [0.15, 0.2) is 0 Å². The van der Waals surface area contributed by atoms with Gasteiger partial charge < -0.3 is 18.9 Å². The van der Waals surface area contributed by atoms with E-state index in [0.29, 0.717) is 36.9 Å². The number of unbranched alkanes of at least 4 members (excludes halogenated alkanes) is 2. The summed E-state index contributed by atoms with van der Waals surface area (Å²) in [5, 5.41) is 0. The van der Waals surface area contributed by atoms with Gasteiger partial charge in [-0.2, -0.15) is 0 Å². The maximum absolute atomic E-state index is 6.62. The van der Waals surface area contributed by atoms with Crippen LogP contribution in [0.25, 0.3) is 12.2 Å². The molecule has 0 aliphatic rings. The van der Waals surface area contributed by atoms with Gasteiger partial charge in [-0.25, -0.2) is 0 Å². The second kappa shape index (κ2) is 30.4. The first-order valence-electron chi connectivity index (χ1n) is 24.7. The summed E-state index contributed by atoms with van der Waals surface area (Å²) in [5.74, 6) is 8.62. The van der Waals surface area contributed by atoms with Crippen LogP contribution >= 0.6 is 0 Å². The van der Waals surface area contributed by atoms with Gasteiger partial charge in [-0.1, -0.05) is 172 Å². The van der Waals surface area contributed by atoms with Crippen molar-refractivity contribution < 1.29 is 18.9 Å². The van der Waals surface area contributed by atoms with Crippen molar-refractivity contribution in [2.75, 3.05) is 26.4 Å². The van der Waals surface area contributed by atoms with Crippen LogP contribution < -0.4 is 18.9 Å². The van der Waals surface area contributed by atoms with Gasteiger partial charge in [-0.3, -0.25) is 0 Å². The fourth-order valence-corrected chi connectivity index (χ4v) is 7.78. The average Bonchev–Trinajstić information content (AvgIpc) is 3.16. The Hall–Kier alpha value is -2.62. The Balaban J connectivity index is 2.37. The van der Waals surface area contributed by atoms with Crippen molar-refractivity contribution in [1.82, 2.24) is 0 Å². The number of ether oxygens (including phenoxy) is 4. The highest BCUT2D eigenvalue weighted by Crippen LogP contribution is 2.35. The normalized spacial score (nSPS) is 14.0. The number of aryl methyl sites for hydroxylation is 2. The zero-order valence-electron chi connectivity index (χ0n) is 41.0. The Morgan fingerprint density at radius 2 is 0.678 bits per heavy atom. The zero-order chi connectivity index (χ0) is 43.6. The Bertz CT molecular complexity index is 1410. The summed E-state index contributed by atoms with van der Waals surface area (Å²) in [5.41, 5.74) is 4.32. The highest BCUT2D eigenvalue weighted by atomic mass is 16.5. The van der Waals surface area contributed by atoms with E-state index in [4.69, 9.17) is 18.9 Å². The molecule has 59 heavy (non-hydrogen) atoms. The van der Waals surface area contributed by atoms with E-state index in [0.717, 1.165) is 102 Å². The number of hydrogen-bond donors (Lipinski definition) is 0. The highest BCUT2D eigenvalue weighted by Gasteiger charge is 2.14. The lowest BCUT2D eigenvalue weighted by Gasteiger charge is -2.18. The van der Waals surface area contributed by atoms with E-state index in [-0.39, 0.29) is 0 Å². The van der Waals surface area contributed by atoms with E-state index in [9.17, 15) is 0 Å². The van der Waals surface area contributed by atoms with Crippen LogP contribution in [0.4, 0.5) is 0 Å². The monoisotopic (exact) mass is 819 g/mol. The lowest BCUT2D eigenvalue weighted by atomic mass is 9.97. The standard InChI is InChI=1S/C55H94O4/c1-14-15-16-23-44(8)31-35-58-54-37-48(12)52(56-33-29-45(9)24-17-20-41(2)3)39-50(54)27-28-51-40-53(57-34-30-46(10)25-18-21-42(4)5)49(13)38-55(51)59-36-32-47(11)26-19-22-43(6)7/h27-28,37-47H,14-26,29-36H2,1-13H3. The molecule has 2 rings (SSSR count). The Kier molecular flexibility index (Phi) is 27.1. The molecule has 0 aliphatic carbocycles. The van der Waals surface area contributed by atoms with Crippen molar-refractivity contribution in [3.05, 3.63) is 46.5 Å². The maximum atomic E-state index is 6.62. The second-order valence-corrected chi connectivity index (χ2v) is 20.1. The van der Waals surface area contributed by atoms with E-state index in [1.807, 2.05) is 0 Å². The van der Waals surface area contributed by atoms with Crippen molar-refractivity contribution in [2.45, 2.75) is 199 Å². The first kappa shape index (κ1) is 52.5. The molecule has 0 saturated heterocycles. The molecule has 0 N–H and O–H groups in total. The number of rotatable bonds is 34. The molecule has 0 spiro atoms. The minimum Gasteiger partial charge on any atom is -0.493 e. The molecule has 2 aromatic rings. The van der Waals surface area contributed by atoms with Crippen LogP contribution in [-0.4, -0.2) is 26.4 Å². The molecular formula is C55H94O4. The minimum absolute atomic E-state index is 0.641. The minimum atomic E-state index is 0.641. The van der Waals surface area contributed by atoms with Crippen molar-refractivity contribution in [3.8, 4) is 23.0 Å². The maximum Gasteiger partial charge on any atom is 0.127 e. The number of benzene rings is 2. The molecule has 0 fully saturated rings. The molecule has 4 nitrogen and oxygen atoms in total. The van der Waals surface area contributed by atoms with Crippen LogP contribution in [-0.2, 0) is 0 Å². The third-order valence-electron chi connectivity index (χ3n) is 12.3. The van der Waals surface area contributed by atoms with Crippen molar-refractivity contribution in [1.29, 1.82) is 0 Å². The van der Waals surface area contributed by atoms with E-state index in [1.54, 1.807) is 0 Å². The molecule has 4 heteroatoms. The van der Waals surface area contributed by atoms with Crippen LogP contribution in [0, 0.1) is 55.3 Å². The molecule has 0 aromatic heterocycles. The molecule has 0 bridgehead atoms. The van der Waals surface area contributed by atoms with Gasteiger partial charge in [0.25, 0.3) is 0 Å². The van der Waals surface area contributed by atoms with Gasteiger partial charge in [0.05, 0.1) is 26.4 Å². The third-order valence-corrected chi connectivity index (χ3v) is 12.3. The summed E-state index contributed by atoms with van der Waals surface area (Å²) >= 11 is 0. The summed E-state index contributed by atoms with van der Waals surface area (Å²) in [6, 6.07) is 8.77. The van der Waals surface area contributed by atoms with Gasteiger partial charge in [0.2, 0.25) is 0 Å². The molecule has 0 radical (unpaired) electrons. The molecular weight excluding hydrogens is 725 g/mol. The summed E-state index contributed by atoms with van der Waals surface area (Å²) in [6.07, 6.45) is 25.3. The van der Waals surface area contributed by atoms with E-state index < -0.39 is 0 Å². The molecule has 4 unspecified atom stereocenters. The predicted molar refractivity (Wildman–Crippen MR) is 259 cm³/mol. The van der Waals surface area contributed by atoms with Crippen molar-refractivity contribution >= 4 is 12.2 Å². The smallest absolute Gasteiger partial charge is 0.127 e. The van der Waals surface area contributed by atoms with Crippen LogP contribution in [0.5, 0.6) is 23.0 Å². The van der Waals surface area contributed by atoms with Crippen LogP contribution in [0.1, 0.15) is 208 Å². The van der Waals surface area contributed by atoms with Crippen LogP contribution in [0.3, 0.4) is 0 Å². The largest absolute Gasteiger partial charge is 0.493 e. The topological polar surface area (TPSA) is 36.9 Å². The quantitative estimate of drug-likeness (QED) is 0.0521. The summed E-state index contributed by atoms with van der Waals surface area (Å²) in [4.78, 5) is 0. The predicted octanol–water partition coefficient (Wildman–Crippen LogP) is 17.2. The Labute approximate surface area is 366 Å². The van der Waals surface area contributed by atoms with Gasteiger partial charge in [-0.15, -0.1) is 0 Å². The Morgan fingerprint density at radius 3 is 0.983 bits per heavy atom. The van der Waals surface area contributed by atoms with Crippen molar-refractivity contribution in [3.63, 3.8) is 0 Å². The van der Waals surface area contributed by atoms with Crippen LogP contribution in [0.2, 0.25) is 0 Å². The molecule has 2 aromatic carbocycles. The fourth-order valence-electron chi connectivity index (χ4n) is 7.78. The average molecular weight is 819 g/mol. The zero-order valence-corrected chi connectivity index (χ0v) is 41.0. The molecule has 338 valence electrons. The molecule has 0 saturated carbocycles. The first-order valence-corrected chi connectivity index (χ1v) is 24.7. The molecule has 4 atom stereocenters. The fraction of sp³-hybridized carbons (Fsp3) is 0.745. The van der Waals surface area contributed by atoms with Gasteiger partial charge in [0, 0.05) is 11.1 Å². The first-order chi connectivity index (χ1) is 28.2. The number of hydrogen-bond acceptors (Lipinski definition) is 4. The highest BCUT2D eigenvalue weighted by molar-refractivity contribution is 5.77. The van der Waals surface area contributed by atoms with Gasteiger partial charge in [0.1, 0.15) is 23.0 Å². The van der Waals surface area contributed by atoms with E-state index in [1.165, 1.54) is 83.5 Å². The SMILES string of the molecule is CCCCCC(C)CCOc1cc(C)c(OCCC(C)CCCC(C)C)cc1C=Cc1cc(OCCC(C)CCCC(C)C)c(C)cc1OCCC(C)CCCC(C)C. The molecule has 0 amide bonds. The van der Waals surface area contributed by atoms with E-state index in [2.05, 4.69) is 126 Å². The summed E-state index contributed by atoms with van der Waals surface area (Å²) in [6.45, 7) is 32.8. The summed E-state index contributed by atoms with van der Waals surface area (Å²) < 4.78 is 26.3. The lowest BCUT2D eigenvalue weighted by molar-refractivity contribution is 0.267. The second-order valence-electron chi connectivity index (χ2n) is 20.1. The van der Waals surface area contributed by atoms with Gasteiger partial charge in [-0.05, 0) is 116 Å². The van der Waals surface area contributed by atoms with Crippen molar-refractivity contribution in [2.24, 2.45) is 41.4 Å². The van der Waals surface area contributed by atoms with E-state index >= 15 is 0 Å². The third kappa shape index (κ3) is 23.8. The molecule has 0 heterocycles.